The smallest absolute Gasteiger partial charge is 0.277 e. The second kappa shape index (κ2) is 5.26. The minimum absolute atomic E-state index is 0.181. The molecule has 1 N–H and O–H groups in total. The highest BCUT2D eigenvalue weighted by Crippen LogP contribution is 2.46. The molecule has 0 saturated heterocycles. The van der Waals surface area contributed by atoms with Crippen LogP contribution in [0.3, 0.4) is 0 Å². The van der Waals surface area contributed by atoms with E-state index in [4.69, 9.17) is 9.47 Å². The molecular weight excluding hydrogens is 311 g/mol. The molecule has 0 spiro atoms. The van der Waals surface area contributed by atoms with E-state index in [1.807, 2.05) is 12.1 Å². The average Bonchev–Trinajstić information content (AvgIpc) is 3.14. The predicted octanol–water partition coefficient (Wildman–Crippen LogP) is 2.90. The molecule has 1 amide bonds. The van der Waals surface area contributed by atoms with E-state index in [2.05, 4.69) is 5.43 Å². The second-order valence-corrected chi connectivity index (χ2v) is 5.58. The Bertz CT molecular complexity index is 861. The zero-order chi connectivity index (χ0) is 16.8. The number of nitrogens with one attached hydrogen (secondary N) is 1. The quantitative estimate of drug-likeness (QED) is 0.942. The van der Waals surface area contributed by atoms with Crippen molar-refractivity contribution in [1.82, 2.24) is 10.4 Å². The van der Waals surface area contributed by atoms with Gasteiger partial charge >= 0.3 is 0 Å². The molecule has 2 aliphatic rings. The van der Waals surface area contributed by atoms with Crippen LogP contribution in [-0.2, 0) is 0 Å². The minimum Gasteiger partial charge on any atom is -0.493 e. The Kier molecular flexibility index (Phi) is 3.19. The van der Waals surface area contributed by atoms with Gasteiger partial charge in [0.15, 0.2) is 11.5 Å². The summed E-state index contributed by atoms with van der Waals surface area (Å²) < 4.78 is 23.7. The molecule has 2 aromatic rings. The van der Waals surface area contributed by atoms with Gasteiger partial charge < -0.3 is 9.47 Å². The molecule has 0 aromatic heterocycles. The molecular formula is C18H15FN2O3. The first kappa shape index (κ1) is 14.6. The van der Waals surface area contributed by atoms with Gasteiger partial charge in [-0.2, -0.15) is 0 Å². The SMILES string of the molecule is COc1ccc2c(c1OC)C(=O)N1NC(c3ccc(F)cc3)=CC21. The van der Waals surface area contributed by atoms with E-state index in [9.17, 15) is 9.18 Å². The molecule has 5 nitrogen and oxygen atoms in total. The minimum atomic E-state index is -0.295. The lowest BCUT2D eigenvalue weighted by Crippen LogP contribution is -2.34. The standard InChI is InChI=1S/C18H15FN2O3/c1-23-15-8-7-12-14-9-13(10-3-5-11(19)6-4-10)20-21(14)18(22)16(12)17(15)24-2/h3-9,14,20H,1-2H3. The van der Waals surface area contributed by atoms with Crippen LogP contribution in [-0.4, -0.2) is 25.1 Å². The Morgan fingerprint density at radius 3 is 2.50 bits per heavy atom. The number of benzene rings is 2. The van der Waals surface area contributed by atoms with Crippen molar-refractivity contribution in [3.8, 4) is 11.5 Å². The number of rotatable bonds is 3. The van der Waals surface area contributed by atoms with Gasteiger partial charge in [0.25, 0.3) is 5.91 Å². The van der Waals surface area contributed by atoms with Crippen molar-refractivity contribution in [3.63, 3.8) is 0 Å². The summed E-state index contributed by atoms with van der Waals surface area (Å²) in [4.78, 5) is 12.8. The van der Waals surface area contributed by atoms with Gasteiger partial charge in [0.05, 0.1) is 25.5 Å². The third kappa shape index (κ3) is 1.96. The number of carbonyl (C=O) groups is 1. The Balaban J connectivity index is 1.78. The van der Waals surface area contributed by atoms with Crippen LogP contribution < -0.4 is 14.9 Å². The molecule has 0 bridgehead atoms. The number of carbonyl (C=O) groups excluding carboxylic acids is 1. The van der Waals surface area contributed by atoms with Crippen molar-refractivity contribution in [3.05, 3.63) is 65.0 Å². The number of hydrogen-bond donors (Lipinski definition) is 1. The number of nitrogens with zero attached hydrogens (tertiary/aromatic N) is 1. The number of methoxy groups -OCH3 is 2. The molecule has 122 valence electrons. The molecule has 2 heterocycles. The van der Waals surface area contributed by atoms with E-state index >= 15 is 0 Å². The molecule has 1 unspecified atom stereocenters. The van der Waals surface area contributed by atoms with Gasteiger partial charge in [-0.1, -0.05) is 6.07 Å². The van der Waals surface area contributed by atoms with E-state index in [1.54, 1.807) is 23.2 Å². The fraction of sp³-hybridized carbons (Fsp3) is 0.167. The molecule has 0 fully saturated rings. The van der Waals surface area contributed by atoms with Crippen LogP contribution in [0.15, 0.2) is 42.5 Å². The Morgan fingerprint density at radius 2 is 1.83 bits per heavy atom. The van der Waals surface area contributed by atoms with Gasteiger partial charge in [0.1, 0.15) is 11.9 Å². The highest BCUT2D eigenvalue weighted by atomic mass is 19.1. The first-order valence-corrected chi connectivity index (χ1v) is 7.47. The summed E-state index contributed by atoms with van der Waals surface area (Å²) in [5.41, 5.74) is 6.05. The average molecular weight is 326 g/mol. The molecule has 2 aliphatic heterocycles. The fourth-order valence-electron chi connectivity index (χ4n) is 3.19. The lowest BCUT2D eigenvalue weighted by molar-refractivity contribution is 0.0715. The molecule has 4 rings (SSSR count). The largest absolute Gasteiger partial charge is 0.493 e. The van der Waals surface area contributed by atoms with Gasteiger partial charge in [-0.05, 0) is 47.5 Å². The Morgan fingerprint density at radius 1 is 1.08 bits per heavy atom. The summed E-state index contributed by atoms with van der Waals surface area (Å²) in [6.07, 6.45) is 1.95. The van der Waals surface area contributed by atoms with Gasteiger partial charge in [-0.25, -0.2) is 9.40 Å². The molecule has 0 saturated carbocycles. The van der Waals surface area contributed by atoms with Crippen LogP contribution in [0.4, 0.5) is 4.39 Å². The van der Waals surface area contributed by atoms with Crippen molar-refractivity contribution in [2.45, 2.75) is 6.04 Å². The van der Waals surface area contributed by atoms with Crippen molar-refractivity contribution in [2.24, 2.45) is 0 Å². The van der Waals surface area contributed by atoms with E-state index in [1.165, 1.54) is 26.4 Å². The number of fused-ring (bicyclic) bond motifs is 3. The zero-order valence-corrected chi connectivity index (χ0v) is 13.2. The number of hydrogen-bond acceptors (Lipinski definition) is 4. The highest BCUT2D eigenvalue weighted by molar-refractivity contribution is 6.04. The first-order valence-electron chi connectivity index (χ1n) is 7.47. The number of hydrazine groups is 1. The van der Waals surface area contributed by atoms with E-state index in [0.29, 0.717) is 17.1 Å². The summed E-state index contributed by atoms with van der Waals surface area (Å²) in [6, 6.07) is 9.57. The summed E-state index contributed by atoms with van der Waals surface area (Å²) in [5, 5.41) is 1.55. The molecule has 24 heavy (non-hydrogen) atoms. The molecule has 1 atom stereocenters. The number of amides is 1. The zero-order valence-electron chi connectivity index (χ0n) is 13.2. The lowest BCUT2D eigenvalue weighted by atomic mass is 10.0. The maximum absolute atomic E-state index is 13.1. The molecule has 0 radical (unpaired) electrons. The van der Waals surface area contributed by atoms with Crippen LogP contribution >= 0.6 is 0 Å². The van der Waals surface area contributed by atoms with Gasteiger partial charge in [-0.3, -0.25) is 10.2 Å². The summed E-state index contributed by atoms with van der Waals surface area (Å²) in [7, 11) is 3.05. The molecule has 0 aliphatic carbocycles. The van der Waals surface area contributed by atoms with Crippen molar-refractivity contribution >= 4 is 11.6 Å². The van der Waals surface area contributed by atoms with E-state index < -0.39 is 0 Å². The summed E-state index contributed by atoms with van der Waals surface area (Å²) in [6.45, 7) is 0. The summed E-state index contributed by atoms with van der Waals surface area (Å²) in [5.74, 6) is 0.483. The van der Waals surface area contributed by atoms with Crippen LogP contribution in [0.25, 0.3) is 5.70 Å². The fourth-order valence-corrected chi connectivity index (χ4v) is 3.19. The maximum atomic E-state index is 13.1. The van der Waals surface area contributed by atoms with E-state index in [0.717, 1.165) is 16.8 Å². The lowest BCUT2D eigenvalue weighted by Gasteiger charge is -2.17. The Hall–Kier alpha value is -3.02. The van der Waals surface area contributed by atoms with Crippen LogP contribution in [0, 0.1) is 5.82 Å². The van der Waals surface area contributed by atoms with Gasteiger partial charge in [0, 0.05) is 0 Å². The predicted molar refractivity (Wildman–Crippen MR) is 86.0 cm³/mol. The monoisotopic (exact) mass is 326 g/mol. The van der Waals surface area contributed by atoms with Crippen molar-refractivity contribution < 1.29 is 18.7 Å². The van der Waals surface area contributed by atoms with Gasteiger partial charge in [0.2, 0.25) is 0 Å². The van der Waals surface area contributed by atoms with Crippen molar-refractivity contribution in [1.29, 1.82) is 0 Å². The topological polar surface area (TPSA) is 50.8 Å². The van der Waals surface area contributed by atoms with Crippen molar-refractivity contribution in [2.75, 3.05) is 14.2 Å². The molecule has 2 aromatic carbocycles. The third-order valence-electron chi connectivity index (χ3n) is 4.33. The Labute approximate surface area is 138 Å². The van der Waals surface area contributed by atoms with Crippen LogP contribution in [0.1, 0.15) is 27.5 Å². The summed E-state index contributed by atoms with van der Waals surface area (Å²) >= 11 is 0. The first-order chi connectivity index (χ1) is 11.6. The second-order valence-electron chi connectivity index (χ2n) is 5.58. The number of halogens is 1. The molecule has 6 heteroatoms. The van der Waals surface area contributed by atoms with E-state index in [-0.39, 0.29) is 17.8 Å². The number of ether oxygens (including phenoxy) is 2. The normalized spacial score (nSPS) is 18.0. The maximum Gasteiger partial charge on any atom is 0.277 e. The van der Waals surface area contributed by atoms with Gasteiger partial charge in [-0.15, -0.1) is 0 Å². The third-order valence-corrected chi connectivity index (χ3v) is 4.33. The van der Waals surface area contributed by atoms with Crippen LogP contribution in [0.2, 0.25) is 0 Å². The van der Waals surface area contributed by atoms with Crippen LogP contribution in [0.5, 0.6) is 11.5 Å². The highest BCUT2D eigenvalue weighted by Gasteiger charge is 2.43.